The molecule has 184 valence electrons. The van der Waals surface area contributed by atoms with E-state index in [9.17, 15) is 18.0 Å². The minimum Gasteiger partial charge on any atom is -0.357 e. The lowest BCUT2D eigenvalue weighted by Gasteiger charge is -2.31. The normalized spacial score (nSPS) is 12.0. The first-order chi connectivity index (χ1) is 16.6. The summed E-state index contributed by atoms with van der Waals surface area (Å²) in [6.07, 6.45) is 0. The van der Waals surface area contributed by atoms with Crippen LogP contribution in [0, 0.1) is 0 Å². The maximum atomic E-state index is 13.6. The molecule has 0 aliphatic heterocycles. The Morgan fingerprint density at radius 3 is 2.14 bits per heavy atom. The van der Waals surface area contributed by atoms with E-state index in [4.69, 9.17) is 23.2 Å². The number of anilines is 1. The number of carbonyl (C=O) groups excluding carboxylic acids is 2. The van der Waals surface area contributed by atoms with Crippen molar-refractivity contribution >= 4 is 50.7 Å². The molecule has 35 heavy (non-hydrogen) atoms. The van der Waals surface area contributed by atoms with Crippen molar-refractivity contribution < 1.29 is 18.0 Å². The number of likely N-dealkylation sites (N-methyl/N-ethyl adjacent to an activating group) is 1. The lowest BCUT2D eigenvalue weighted by atomic mass is 10.1. The third-order valence-electron chi connectivity index (χ3n) is 5.36. The Hall–Kier alpha value is -3.07. The molecule has 1 atom stereocenters. The van der Waals surface area contributed by atoms with Crippen molar-refractivity contribution in [3.63, 3.8) is 0 Å². The van der Waals surface area contributed by atoms with Gasteiger partial charge in [0.1, 0.15) is 12.6 Å². The second kappa shape index (κ2) is 11.6. The Morgan fingerprint density at radius 1 is 0.914 bits per heavy atom. The van der Waals surface area contributed by atoms with E-state index in [2.05, 4.69) is 5.32 Å². The standard InChI is InChI=1S/C25H25Cl2N3O4S/c1-18(25(32)28-2)29(16-19-8-6-9-20(26)14-19)24(31)17-30(22-11-7-10-21(27)15-22)35(33,34)23-12-4-3-5-13-23/h3-15,18H,16-17H2,1-2H3,(H,28,32)/t18-/m1/s1. The number of hydrogen-bond donors (Lipinski definition) is 1. The molecule has 0 fully saturated rings. The second-order valence-electron chi connectivity index (χ2n) is 7.75. The lowest BCUT2D eigenvalue weighted by molar-refractivity contribution is -0.139. The zero-order chi connectivity index (χ0) is 25.6. The molecule has 0 bridgehead atoms. The van der Waals surface area contributed by atoms with Gasteiger partial charge in [0, 0.05) is 23.6 Å². The summed E-state index contributed by atoms with van der Waals surface area (Å²) in [5.74, 6) is -0.957. The van der Waals surface area contributed by atoms with E-state index in [1.165, 1.54) is 30.1 Å². The molecule has 0 radical (unpaired) electrons. The highest BCUT2D eigenvalue weighted by Crippen LogP contribution is 2.27. The van der Waals surface area contributed by atoms with Gasteiger partial charge in [0.05, 0.1) is 10.6 Å². The molecule has 10 heteroatoms. The fraction of sp³-hybridized carbons (Fsp3) is 0.200. The van der Waals surface area contributed by atoms with E-state index >= 15 is 0 Å². The van der Waals surface area contributed by atoms with Gasteiger partial charge in [-0.1, -0.05) is 59.6 Å². The van der Waals surface area contributed by atoms with Gasteiger partial charge in [-0.05, 0) is 55.0 Å². The van der Waals surface area contributed by atoms with Crippen LogP contribution in [0.15, 0.2) is 83.8 Å². The first-order valence-electron chi connectivity index (χ1n) is 10.7. The van der Waals surface area contributed by atoms with Gasteiger partial charge in [-0.2, -0.15) is 0 Å². The molecule has 0 aliphatic carbocycles. The third-order valence-corrected chi connectivity index (χ3v) is 7.62. The minimum atomic E-state index is -4.13. The van der Waals surface area contributed by atoms with Crippen LogP contribution in [-0.2, 0) is 26.2 Å². The molecule has 0 spiro atoms. The summed E-state index contributed by atoms with van der Waals surface area (Å²) in [7, 11) is -2.65. The molecule has 3 aromatic carbocycles. The molecular formula is C25H25Cl2N3O4S. The molecule has 7 nitrogen and oxygen atoms in total. The molecular weight excluding hydrogens is 509 g/mol. The largest absolute Gasteiger partial charge is 0.357 e. The highest BCUT2D eigenvalue weighted by molar-refractivity contribution is 7.92. The average molecular weight is 534 g/mol. The van der Waals surface area contributed by atoms with Crippen LogP contribution in [-0.4, -0.2) is 44.8 Å². The molecule has 0 aliphatic rings. The van der Waals surface area contributed by atoms with E-state index in [1.54, 1.807) is 67.6 Å². The van der Waals surface area contributed by atoms with Crippen LogP contribution < -0.4 is 9.62 Å². The van der Waals surface area contributed by atoms with Crippen LogP contribution in [0.3, 0.4) is 0 Å². The minimum absolute atomic E-state index is 0.0218. The number of hydrogen-bond acceptors (Lipinski definition) is 4. The average Bonchev–Trinajstić information content (AvgIpc) is 2.85. The third kappa shape index (κ3) is 6.54. The van der Waals surface area contributed by atoms with Crippen molar-refractivity contribution in [3.8, 4) is 0 Å². The van der Waals surface area contributed by atoms with Crippen molar-refractivity contribution in [2.45, 2.75) is 24.4 Å². The predicted molar refractivity (Wildman–Crippen MR) is 138 cm³/mol. The maximum absolute atomic E-state index is 13.6. The fourth-order valence-electron chi connectivity index (χ4n) is 3.50. The summed E-state index contributed by atoms with van der Waals surface area (Å²) in [6, 6.07) is 20.1. The van der Waals surface area contributed by atoms with E-state index in [-0.39, 0.29) is 23.0 Å². The number of sulfonamides is 1. The monoisotopic (exact) mass is 533 g/mol. The van der Waals surface area contributed by atoms with Gasteiger partial charge in [-0.25, -0.2) is 8.42 Å². The highest BCUT2D eigenvalue weighted by atomic mass is 35.5. The summed E-state index contributed by atoms with van der Waals surface area (Å²) in [6.45, 7) is 1.10. The number of halogens is 2. The van der Waals surface area contributed by atoms with Crippen LogP contribution in [0.1, 0.15) is 12.5 Å². The van der Waals surface area contributed by atoms with E-state index in [0.29, 0.717) is 15.6 Å². The molecule has 0 aromatic heterocycles. The molecule has 0 saturated heterocycles. The van der Waals surface area contributed by atoms with Crippen LogP contribution >= 0.6 is 23.2 Å². The Bertz CT molecular complexity index is 1300. The van der Waals surface area contributed by atoms with Crippen LogP contribution in [0.5, 0.6) is 0 Å². The van der Waals surface area contributed by atoms with Crippen molar-refractivity contribution in [1.82, 2.24) is 10.2 Å². The number of rotatable bonds is 9. The van der Waals surface area contributed by atoms with Gasteiger partial charge < -0.3 is 10.2 Å². The van der Waals surface area contributed by atoms with Gasteiger partial charge in [0.25, 0.3) is 10.0 Å². The van der Waals surface area contributed by atoms with Gasteiger partial charge in [0.15, 0.2) is 0 Å². The van der Waals surface area contributed by atoms with E-state index < -0.39 is 28.5 Å². The number of nitrogens with one attached hydrogen (secondary N) is 1. The predicted octanol–water partition coefficient (Wildman–Crippen LogP) is 4.35. The van der Waals surface area contributed by atoms with Gasteiger partial charge in [-0.3, -0.25) is 13.9 Å². The number of amides is 2. The zero-order valence-electron chi connectivity index (χ0n) is 19.2. The maximum Gasteiger partial charge on any atom is 0.264 e. The summed E-state index contributed by atoms with van der Waals surface area (Å²) in [5.41, 5.74) is 0.923. The second-order valence-corrected chi connectivity index (χ2v) is 10.5. The van der Waals surface area contributed by atoms with Gasteiger partial charge in [-0.15, -0.1) is 0 Å². The Labute approximate surface area is 215 Å². The van der Waals surface area contributed by atoms with Gasteiger partial charge in [0.2, 0.25) is 11.8 Å². The Kier molecular flexibility index (Phi) is 8.77. The molecule has 0 unspecified atom stereocenters. The molecule has 2 amide bonds. The SMILES string of the molecule is CNC(=O)[C@@H](C)N(Cc1cccc(Cl)c1)C(=O)CN(c1cccc(Cl)c1)S(=O)(=O)c1ccccc1. The van der Waals surface area contributed by atoms with Crippen molar-refractivity contribution in [1.29, 1.82) is 0 Å². The number of carbonyl (C=O) groups is 2. The highest BCUT2D eigenvalue weighted by Gasteiger charge is 2.32. The first-order valence-corrected chi connectivity index (χ1v) is 12.9. The molecule has 3 rings (SSSR count). The molecule has 3 aromatic rings. The molecule has 0 saturated carbocycles. The summed E-state index contributed by atoms with van der Waals surface area (Å²) < 4.78 is 28.2. The van der Waals surface area contributed by atoms with Crippen molar-refractivity contribution in [3.05, 3.63) is 94.5 Å². The summed E-state index contributed by atoms with van der Waals surface area (Å²) >= 11 is 12.2. The smallest absolute Gasteiger partial charge is 0.264 e. The summed E-state index contributed by atoms with van der Waals surface area (Å²) in [5, 5.41) is 3.34. The van der Waals surface area contributed by atoms with Crippen molar-refractivity contribution in [2.75, 3.05) is 17.9 Å². The quantitative estimate of drug-likeness (QED) is 0.442. The lowest BCUT2D eigenvalue weighted by Crippen LogP contribution is -2.50. The number of nitrogens with zero attached hydrogens (tertiary/aromatic N) is 2. The van der Waals surface area contributed by atoms with Crippen LogP contribution in [0.4, 0.5) is 5.69 Å². The van der Waals surface area contributed by atoms with Crippen molar-refractivity contribution in [2.24, 2.45) is 0 Å². The topological polar surface area (TPSA) is 86.8 Å². The summed E-state index contributed by atoms with van der Waals surface area (Å²) in [4.78, 5) is 27.4. The number of benzene rings is 3. The zero-order valence-corrected chi connectivity index (χ0v) is 21.5. The van der Waals surface area contributed by atoms with E-state index in [0.717, 1.165) is 4.31 Å². The van der Waals surface area contributed by atoms with Gasteiger partial charge >= 0.3 is 0 Å². The molecule has 1 N–H and O–H groups in total. The van der Waals surface area contributed by atoms with Crippen LogP contribution in [0.2, 0.25) is 10.0 Å². The Balaban J connectivity index is 2.02. The van der Waals surface area contributed by atoms with E-state index in [1.807, 2.05) is 0 Å². The fourth-order valence-corrected chi connectivity index (χ4v) is 5.33. The first kappa shape index (κ1) is 26.5. The van der Waals surface area contributed by atoms with Crippen LogP contribution in [0.25, 0.3) is 0 Å². The molecule has 0 heterocycles. The Morgan fingerprint density at radius 2 is 1.54 bits per heavy atom.